The first-order valence-electron chi connectivity index (χ1n) is 7.53. The van der Waals surface area contributed by atoms with Crippen molar-refractivity contribution in [3.8, 4) is 0 Å². The Bertz CT molecular complexity index is 863. The summed E-state index contributed by atoms with van der Waals surface area (Å²) in [6.07, 6.45) is 0. The molecule has 2 aromatic rings. The van der Waals surface area contributed by atoms with Crippen molar-refractivity contribution in [2.75, 3.05) is 0 Å². The van der Waals surface area contributed by atoms with Gasteiger partial charge in [0.15, 0.2) is 0 Å². The van der Waals surface area contributed by atoms with Gasteiger partial charge in [-0.05, 0) is 43.1 Å². The lowest BCUT2D eigenvalue weighted by Crippen LogP contribution is -2.45. The van der Waals surface area contributed by atoms with E-state index in [0.29, 0.717) is 5.56 Å². The zero-order valence-electron chi connectivity index (χ0n) is 14.1. The number of benzene rings is 2. The second-order valence-corrected chi connectivity index (χ2v) is 8.54. The molecule has 0 aliphatic carbocycles. The molecule has 0 unspecified atom stereocenters. The highest BCUT2D eigenvalue weighted by Crippen LogP contribution is 2.34. The Morgan fingerprint density at radius 2 is 1.48 bits per heavy atom. The van der Waals surface area contributed by atoms with Crippen molar-refractivity contribution >= 4 is 21.6 Å². The number of alkyl halides is 1. The Balaban J connectivity index is 2.47. The summed E-state index contributed by atoms with van der Waals surface area (Å²) in [5.41, 5.74) is 2.26. The summed E-state index contributed by atoms with van der Waals surface area (Å²) in [6.45, 7) is 4.88. The van der Waals surface area contributed by atoms with Gasteiger partial charge in [0.1, 0.15) is 6.04 Å². The first kappa shape index (κ1) is 19.4. The lowest BCUT2D eigenvalue weighted by molar-refractivity contribution is -0.542. The van der Waals surface area contributed by atoms with E-state index in [9.17, 15) is 18.5 Å². The van der Waals surface area contributed by atoms with E-state index >= 15 is 0 Å². The molecular formula is C17H19ClN2O4S. The fourth-order valence-electron chi connectivity index (χ4n) is 2.28. The van der Waals surface area contributed by atoms with Gasteiger partial charge >= 0.3 is 5.00 Å². The monoisotopic (exact) mass is 382 g/mol. The fraction of sp³-hybridized carbons (Fsp3) is 0.294. The minimum Gasteiger partial charge on any atom is -0.263 e. The summed E-state index contributed by atoms with van der Waals surface area (Å²) >= 11 is 6.10. The van der Waals surface area contributed by atoms with Crippen LogP contribution in [0.15, 0.2) is 53.4 Å². The average Bonchev–Trinajstić information content (AvgIpc) is 2.54. The molecule has 8 heteroatoms. The first-order valence-corrected chi connectivity index (χ1v) is 9.39. The van der Waals surface area contributed by atoms with Crippen LogP contribution >= 0.6 is 11.6 Å². The van der Waals surface area contributed by atoms with Crippen LogP contribution in [-0.4, -0.2) is 18.3 Å². The number of nitrogens with one attached hydrogen (secondary N) is 1. The molecule has 0 radical (unpaired) electrons. The van der Waals surface area contributed by atoms with Crippen molar-refractivity contribution in [2.45, 2.75) is 36.7 Å². The van der Waals surface area contributed by atoms with E-state index in [-0.39, 0.29) is 4.90 Å². The molecule has 134 valence electrons. The smallest absolute Gasteiger partial charge is 0.263 e. The second-order valence-electron chi connectivity index (χ2n) is 6.06. The molecule has 0 aromatic heterocycles. The molecule has 6 nitrogen and oxygen atoms in total. The van der Waals surface area contributed by atoms with Crippen LogP contribution < -0.4 is 4.72 Å². The maximum absolute atomic E-state index is 12.7. The number of rotatable bonds is 6. The molecule has 0 amide bonds. The Morgan fingerprint density at radius 3 is 1.92 bits per heavy atom. The summed E-state index contributed by atoms with van der Waals surface area (Å²) in [6, 6.07) is 11.7. The molecule has 0 aliphatic heterocycles. The van der Waals surface area contributed by atoms with Gasteiger partial charge in [-0.2, -0.15) is 4.72 Å². The summed E-state index contributed by atoms with van der Waals surface area (Å²) in [7, 11) is -3.99. The third kappa shape index (κ3) is 4.36. The van der Waals surface area contributed by atoms with Crippen LogP contribution in [0.2, 0.25) is 0 Å². The van der Waals surface area contributed by atoms with Crippen LogP contribution in [0.1, 0.15) is 29.7 Å². The molecule has 0 bridgehead atoms. The molecule has 25 heavy (non-hydrogen) atoms. The van der Waals surface area contributed by atoms with E-state index in [4.69, 9.17) is 11.6 Å². The predicted molar refractivity (Wildman–Crippen MR) is 96.7 cm³/mol. The highest BCUT2D eigenvalue weighted by Gasteiger charge is 2.47. The van der Waals surface area contributed by atoms with Crippen molar-refractivity contribution in [1.29, 1.82) is 0 Å². The highest BCUT2D eigenvalue weighted by molar-refractivity contribution is 7.89. The predicted octanol–water partition coefficient (Wildman–Crippen LogP) is 3.55. The van der Waals surface area contributed by atoms with Gasteiger partial charge in [0.05, 0.1) is 4.90 Å². The molecule has 0 aliphatic rings. The van der Waals surface area contributed by atoms with Gasteiger partial charge in [-0.25, -0.2) is 8.42 Å². The molecule has 2 atom stereocenters. The van der Waals surface area contributed by atoms with Crippen molar-refractivity contribution < 1.29 is 13.3 Å². The van der Waals surface area contributed by atoms with Gasteiger partial charge in [0.2, 0.25) is 10.0 Å². The van der Waals surface area contributed by atoms with Crippen LogP contribution in [0.5, 0.6) is 0 Å². The molecule has 0 saturated carbocycles. The van der Waals surface area contributed by atoms with Crippen LogP contribution in [-0.2, 0) is 10.0 Å². The van der Waals surface area contributed by atoms with Crippen LogP contribution in [0, 0.1) is 24.0 Å². The van der Waals surface area contributed by atoms with E-state index in [2.05, 4.69) is 4.72 Å². The third-order valence-electron chi connectivity index (χ3n) is 3.90. The number of hydrogen-bond acceptors (Lipinski definition) is 4. The molecule has 0 heterocycles. The average molecular weight is 383 g/mol. The topological polar surface area (TPSA) is 89.3 Å². The van der Waals surface area contributed by atoms with E-state index in [1.54, 1.807) is 36.4 Å². The summed E-state index contributed by atoms with van der Waals surface area (Å²) in [5.74, 6) is 0. The lowest BCUT2D eigenvalue weighted by Gasteiger charge is -2.26. The molecule has 0 fully saturated rings. The number of nitro groups is 1. The van der Waals surface area contributed by atoms with Crippen molar-refractivity contribution in [3.05, 3.63) is 75.3 Å². The number of aryl methyl sites for hydroxylation is 2. The normalized spacial score (nSPS) is 15.4. The zero-order valence-corrected chi connectivity index (χ0v) is 15.6. The Morgan fingerprint density at radius 1 is 1.04 bits per heavy atom. The number of sulfonamides is 1. The van der Waals surface area contributed by atoms with E-state index in [1.165, 1.54) is 19.1 Å². The maximum Gasteiger partial charge on any atom is 0.312 e. The molecular weight excluding hydrogens is 364 g/mol. The van der Waals surface area contributed by atoms with Crippen molar-refractivity contribution in [1.82, 2.24) is 4.72 Å². The third-order valence-corrected chi connectivity index (χ3v) is 5.69. The summed E-state index contributed by atoms with van der Waals surface area (Å²) in [5, 5.41) is 11.4. The number of halogens is 1. The molecule has 1 N–H and O–H groups in total. The van der Waals surface area contributed by atoms with Gasteiger partial charge in [-0.1, -0.05) is 47.5 Å². The van der Waals surface area contributed by atoms with E-state index in [0.717, 1.165) is 11.1 Å². The summed E-state index contributed by atoms with van der Waals surface area (Å²) < 4.78 is 27.7. The van der Waals surface area contributed by atoms with Gasteiger partial charge in [-0.3, -0.25) is 10.1 Å². The van der Waals surface area contributed by atoms with Crippen molar-refractivity contribution in [3.63, 3.8) is 0 Å². The zero-order chi connectivity index (χ0) is 18.8. The maximum atomic E-state index is 12.7. The Kier molecular flexibility index (Phi) is 5.51. The quantitative estimate of drug-likeness (QED) is 0.358. The van der Waals surface area contributed by atoms with Gasteiger partial charge in [-0.15, -0.1) is 0 Å². The molecule has 2 aromatic carbocycles. The van der Waals surface area contributed by atoms with E-state index in [1.807, 2.05) is 13.8 Å². The van der Waals surface area contributed by atoms with E-state index < -0.39 is 26.0 Å². The molecule has 0 saturated heterocycles. The lowest BCUT2D eigenvalue weighted by atomic mass is 10.0. The Hall–Kier alpha value is -1.96. The standard InChI is InChI=1S/C17H19ClN2O4S/c1-12-4-8-14(9-5-12)16(17(3,18)20(21)22)19-25(23,24)15-10-6-13(2)7-11-15/h4-11,16,19H,1-3H3/t16-,17+/m0/s1. The van der Waals surface area contributed by atoms with Gasteiger partial charge in [0, 0.05) is 11.8 Å². The fourth-order valence-corrected chi connectivity index (χ4v) is 3.84. The minimum atomic E-state index is -3.99. The Labute approximate surface area is 152 Å². The van der Waals surface area contributed by atoms with Crippen molar-refractivity contribution in [2.24, 2.45) is 0 Å². The number of nitrogens with zero attached hydrogens (tertiary/aromatic N) is 1. The second kappa shape index (κ2) is 7.11. The first-order chi connectivity index (χ1) is 11.5. The van der Waals surface area contributed by atoms with Crippen LogP contribution in [0.3, 0.4) is 0 Å². The molecule has 2 rings (SSSR count). The number of hydrogen-bond donors (Lipinski definition) is 1. The summed E-state index contributed by atoms with van der Waals surface area (Å²) in [4.78, 5) is 8.68. The highest BCUT2D eigenvalue weighted by atomic mass is 35.5. The SMILES string of the molecule is Cc1ccc([C@H](NS(=O)(=O)c2ccc(C)cc2)[C@](C)(Cl)[N+](=O)[O-])cc1. The van der Waals surface area contributed by atoms with Crippen LogP contribution in [0.25, 0.3) is 0 Å². The molecule has 0 spiro atoms. The van der Waals surface area contributed by atoms with Crippen LogP contribution in [0.4, 0.5) is 0 Å². The minimum absolute atomic E-state index is 0.0195. The van der Waals surface area contributed by atoms with Gasteiger partial charge in [0.25, 0.3) is 0 Å². The largest absolute Gasteiger partial charge is 0.312 e. The van der Waals surface area contributed by atoms with Gasteiger partial charge < -0.3 is 0 Å².